The summed E-state index contributed by atoms with van der Waals surface area (Å²) in [7, 11) is -3.99. The second-order valence-electron chi connectivity index (χ2n) is 4.00. The van der Waals surface area contributed by atoms with Crippen LogP contribution in [-0.4, -0.2) is 8.42 Å². The molecule has 0 aliphatic carbocycles. The summed E-state index contributed by atoms with van der Waals surface area (Å²) >= 11 is 23.4. The largest absolute Gasteiger partial charge is 0.396 e. The summed E-state index contributed by atoms with van der Waals surface area (Å²) in [5, 5.41) is 0.535. The third-order valence-corrected chi connectivity index (χ3v) is 5.37. The molecule has 0 radical (unpaired) electrons. The first-order chi connectivity index (χ1) is 9.72. The van der Waals surface area contributed by atoms with Gasteiger partial charge in [-0.15, -0.1) is 0 Å². The monoisotopic (exact) mass is 384 g/mol. The molecule has 9 heteroatoms. The summed E-state index contributed by atoms with van der Waals surface area (Å²) in [5.41, 5.74) is 5.74. The van der Waals surface area contributed by atoms with E-state index in [9.17, 15) is 8.42 Å². The Morgan fingerprint density at radius 1 is 0.952 bits per heavy atom. The molecular weight excluding hydrogens is 378 g/mol. The molecule has 0 atom stereocenters. The highest BCUT2D eigenvalue weighted by Crippen LogP contribution is 2.35. The van der Waals surface area contributed by atoms with Gasteiger partial charge >= 0.3 is 0 Å². The average molecular weight is 386 g/mol. The van der Waals surface area contributed by atoms with E-state index in [1.165, 1.54) is 30.3 Å². The number of anilines is 2. The topological polar surface area (TPSA) is 72.2 Å². The van der Waals surface area contributed by atoms with Crippen LogP contribution in [0.15, 0.2) is 35.2 Å². The molecule has 0 heterocycles. The first kappa shape index (κ1) is 16.5. The summed E-state index contributed by atoms with van der Waals surface area (Å²) in [6.45, 7) is 0. The summed E-state index contributed by atoms with van der Waals surface area (Å²) in [6.07, 6.45) is 0. The highest BCUT2D eigenvalue weighted by Gasteiger charge is 2.21. The number of sulfonamides is 1. The fourth-order valence-corrected chi connectivity index (χ4v) is 3.76. The van der Waals surface area contributed by atoms with Crippen molar-refractivity contribution in [3.63, 3.8) is 0 Å². The van der Waals surface area contributed by atoms with Crippen molar-refractivity contribution in [2.45, 2.75) is 4.90 Å². The van der Waals surface area contributed by atoms with E-state index >= 15 is 0 Å². The lowest BCUT2D eigenvalue weighted by atomic mass is 10.3. The normalized spacial score (nSPS) is 11.4. The molecule has 0 spiro atoms. The van der Waals surface area contributed by atoms with Gasteiger partial charge in [-0.1, -0.05) is 46.4 Å². The number of nitrogens with one attached hydrogen (secondary N) is 1. The standard InChI is InChI=1S/C12H8Cl4N2O2S/c13-6-1-2-7(14)9(5-6)18-21(19,20)10-4-3-8(15)12(17)11(10)16/h1-5,18H,17H2. The molecule has 2 rings (SSSR count). The van der Waals surface area contributed by atoms with E-state index in [1.54, 1.807) is 0 Å². The first-order valence-corrected chi connectivity index (χ1v) is 8.43. The predicted octanol–water partition coefficient (Wildman–Crippen LogP) is 4.68. The Hall–Kier alpha value is -0.850. The molecule has 0 aliphatic heterocycles. The number of hydrogen-bond donors (Lipinski definition) is 2. The van der Waals surface area contributed by atoms with Gasteiger partial charge in [0.25, 0.3) is 10.0 Å². The number of halogens is 4. The number of nitrogen functional groups attached to an aromatic ring is 1. The lowest BCUT2D eigenvalue weighted by Crippen LogP contribution is -2.14. The van der Waals surface area contributed by atoms with Gasteiger partial charge in [0.1, 0.15) is 4.90 Å². The smallest absolute Gasteiger partial charge is 0.263 e. The Kier molecular flexibility index (Phi) is 4.80. The molecule has 21 heavy (non-hydrogen) atoms. The van der Waals surface area contributed by atoms with Crippen LogP contribution >= 0.6 is 46.4 Å². The van der Waals surface area contributed by atoms with Gasteiger partial charge in [0, 0.05) is 5.02 Å². The van der Waals surface area contributed by atoms with Gasteiger partial charge in [0.15, 0.2) is 0 Å². The van der Waals surface area contributed by atoms with Crippen molar-refractivity contribution in [2.75, 3.05) is 10.5 Å². The van der Waals surface area contributed by atoms with Crippen LogP contribution in [0.2, 0.25) is 20.1 Å². The average Bonchev–Trinajstić information content (AvgIpc) is 2.39. The molecule has 0 saturated carbocycles. The molecule has 0 fully saturated rings. The minimum Gasteiger partial charge on any atom is -0.396 e. The second kappa shape index (κ2) is 6.10. The van der Waals surface area contributed by atoms with Crippen LogP contribution in [0.4, 0.5) is 11.4 Å². The van der Waals surface area contributed by atoms with Crippen molar-refractivity contribution in [2.24, 2.45) is 0 Å². The van der Waals surface area contributed by atoms with E-state index in [0.717, 1.165) is 0 Å². The lowest BCUT2D eigenvalue weighted by molar-refractivity contribution is 0.601. The van der Waals surface area contributed by atoms with Gasteiger partial charge in [0.2, 0.25) is 0 Å². The Labute approximate surface area is 141 Å². The number of benzene rings is 2. The van der Waals surface area contributed by atoms with Crippen LogP contribution in [0, 0.1) is 0 Å². The Morgan fingerprint density at radius 3 is 2.24 bits per heavy atom. The fourth-order valence-electron chi connectivity index (χ4n) is 1.53. The van der Waals surface area contributed by atoms with E-state index in [2.05, 4.69) is 4.72 Å². The molecule has 0 unspecified atom stereocenters. The molecule has 0 saturated heterocycles. The highest BCUT2D eigenvalue weighted by atomic mass is 35.5. The summed E-state index contributed by atoms with van der Waals surface area (Å²) in [4.78, 5) is -0.206. The molecule has 0 amide bonds. The molecule has 3 N–H and O–H groups in total. The van der Waals surface area contributed by atoms with Gasteiger partial charge in [-0.3, -0.25) is 4.72 Å². The lowest BCUT2D eigenvalue weighted by Gasteiger charge is -2.12. The zero-order valence-electron chi connectivity index (χ0n) is 10.2. The van der Waals surface area contributed by atoms with E-state index in [1.807, 2.05) is 0 Å². The van der Waals surface area contributed by atoms with Crippen molar-refractivity contribution < 1.29 is 8.42 Å². The van der Waals surface area contributed by atoms with E-state index in [4.69, 9.17) is 52.1 Å². The summed E-state index contributed by atoms with van der Waals surface area (Å²) in [6, 6.07) is 6.99. The van der Waals surface area contributed by atoms with Gasteiger partial charge in [-0.2, -0.15) is 0 Å². The first-order valence-electron chi connectivity index (χ1n) is 5.43. The maximum absolute atomic E-state index is 12.4. The fraction of sp³-hybridized carbons (Fsp3) is 0. The summed E-state index contributed by atoms with van der Waals surface area (Å²) < 4.78 is 27.0. The van der Waals surface area contributed by atoms with Crippen LogP contribution in [-0.2, 0) is 10.0 Å². The van der Waals surface area contributed by atoms with Crippen LogP contribution in [0.3, 0.4) is 0 Å². The van der Waals surface area contributed by atoms with E-state index < -0.39 is 10.0 Å². The van der Waals surface area contributed by atoms with E-state index in [-0.39, 0.29) is 31.3 Å². The quantitative estimate of drug-likeness (QED) is 0.753. The zero-order valence-corrected chi connectivity index (χ0v) is 14.0. The minimum atomic E-state index is -3.99. The molecule has 2 aromatic rings. The Bertz CT molecular complexity index is 809. The molecule has 0 bridgehead atoms. The molecule has 4 nitrogen and oxygen atoms in total. The van der Waals surface area contributed by atoms with Crippen LogP contribution in [0.5, 0.6) is 0 Å². The van der Waals surface area contributed by atoms with Crippen molar-refractivity contribution in [1.82, 2.24) is 0 Å². The zero-order chi connectivity index (χ0) is 15.8. The Balaban J connectivity index is 2.49. The molecule has 2 aromatic carbocycles. The molecule has 0 aliphatic rings. The van der Waals surface area contributed by atoms with Crippen LogP contribution in [0.1, 0.15) is 0 Å². The summed E-state index contributed by atoms with van der Waals surface area (Å²) in [5.74, 6) is 0. The van der Waals surface area contributed by atoms with Crippen LogP contribution < -0.4 is 10.5 Å². The number of nitrogens with two attached hydrogens (primary N) is 1. The maximum atomic E-state index is 12.4. The van der Waals surface area contributed by atoms with Crippen molar-refractivity contribution in [3.8, 4) is 0 Å². The third kappa shape index (κ3) is 3.49. The SMILES string of the molecule is Nc1c(Cl)ccc(S(=O)(=O)Nc2cc(Cl)ccc2Cl)c1Cl. The third-order valence-electron chi connectivity index (χ3n) is 2.55. The van der Waals surface area contributed by atoms with E-state index in [0.29, 0.717) is 5.02 Å². The highest BCUT2D eigenvalue weighted by molar-refractivity contribution is 7.92. The molecular formula is C12H8Cl4N2O2S. The van der Waals surface area contributed by atoms with Crippen molar-refractivity contribution >= 4 is 67.8 Å². The predicted molar refractivity (Wildman–Crippen MR) is 88.1 cm³/mol. The van der Waals surface area contributed by atoms with Gasteiger partial charge < -0.3 is 5.73 Å². The molecule has 0 aromatic heterocycles. The van der Waals surface area contributed by atoms with Gasteiger partial charge in [-0.05, 0) is 30.3 Å². The molecule has 112 valence electrons. The second-order valence-corrected chi connectivity index (χ2v) is 7.28. The maximum Gasteiger partial charge on any atom is 0.263 e. The number of hydrogen-bond acceptors (Lipinski definition) is 3. The minimum absolute atomic E-state index is 0.0154. The van der Waals surface area contributed by atoms with Crippen molar-refractivity contribution in [1.29, 1.82) is 0 Å². The van der Waals surface area contributed by atoms with Gasteiger partial charge in [-0.25, -0.2) is 8.42 Å². The Morgan fingerprint density at radius 2 is 1.57 bits per heavy atom. The van der Waals surface area contributed by atoms with Crippen molar-refractivity contribution in [3.05, 3.63) is 50.4 Å². The number of rotatable bonds is 3. The van der Waals surface area contributed by atoms with Crippen LogP contribution in [0.25, 0.3) is 0 Å². The van der Waals surface area contributed by atoms with Gasteiger partial charge in [0.05, 0.1) is 26.4 Å².